The molecule has 0 saturated carbocycles. The van der Waals surface area contributed by atoms with Crippen molar-refractivity contribution in [2.24, 2.45) is 0 Å². The van der Waals surface area contributed by atoms with Crippen LogP contribution in [0.15, 0.2) is 30.3 Å². The Labute approximate surface area is 101 Å². The van der Waals surface area contributed by atoms with Gasteiger partial charge in [0.05, 0.1) is 6.61 Å². The van der Waals surface area contributed by atoms with E-state index in [2.05, 4.69) is 26.0 Å². The van der Waals surface area contributed by atoms with Gasteiger partial charge in [0.15, 0.2) is 0 Å². The SMILES string of the molecule is [CH2-]C.[CH2-]C.[Zn+2].c1ccc(C2CO2)cc1. The Bertz CT molecular complexity index is 195. The first-order valence-electron chi connectivity index (χ1n) is 4.55. The second-order valence-corrected chi connectivity index (χ2v) is 2.23. The summed E-state index contributed by atoms with van der Waals surface area (Å²) in [6.45, 7) is 10.9. The van der Waals surface area contributed by atoms with Crippen molar-refractivity contribution in [3.63, 3.8) is 0 Å². The molecule has 1 saturated heterocycles. The topological polar surface area (TPSA) is 12.5 Å². The number of epoxide rings is 1. The van der Waals surface area contributed by atoms with Crippen molar-refractivity contribution >= 4 is 0 Å². The maximum Gasteiger partial charge on any atom is 2.00 e. The van der Waals surface area contributed by atoms with Crippen LogP contribution >= 0.6 is 0 Å². The second-order valence-electron chi connectivity index (χ2n) is 2.23. The van der Waals surface area contributed by atoms with Crippen LogP contribution in [0, 0.1) is 13.8 Å². The molecule has 1 aromatic carbocycles. The molecule has 1 fully saturated rings. The van der Waals surface area contributed by atoms with E-state index in [1.807, 2.05) is 18.2 Å². The second kappa shape index (κ2) is 10.9. The van der Waals surface area contributed by atoms with Crippen LogP contribution in [-0.4, -0.2) is 6.61 Å². The Morgan fingerprint density at radius 3 is 1.86 bits per heavy atom. The molecule has 1 aliphatic rings. The molecule has 74 valence electrons. The van der Waals surface area contributed by atoms with E-state index < -0.39 is 0 Å². The van der Waals surface area contributed by atoms with Crippen LogP contribution in [0.5, 0.6) is 0 Å². The molecule has 1 heterocycles. The third kappa shape index (κ3) is 6.29. The number of hydrogen-bond acceptors (Lipinski definition) is 1. The van der Waals surface area contributed by atoms with Gasteiger partial charge < -0.3 is 18.6 Å². The average molecular weight is 244 g/mol. The van der Waals surface area contributed by atoms with Gasteiger partial charge in [-0.3, -0.25) is 0 Å². The molecule has 0 N–H and O–H groups in total. The summed E-state index contributed by atoms with van der Waals surface area (Å²) in [5, 5.41) is 0. The van der Waals surface area contributed by atoms with E-state index in [9.17, 15) is 0 Å². The molecule has 0 aliphatic carbocycles. The van der Waals surface area contributed by atoms with Crippen LogP contribution in [0.4, 0.5) is 0 Å². The zero-order valence-electron chi connectivity index (χ0n) is 9.20. The number of ether oxygens (including phenoxy) is 1. The van der Waals surface area contributed by atoms with Crippen LogP contribution in [0.1, 0.15) is 25.5 Å². The molecule has 2 rings (SSSR count). The molecule has 1 atom stereocenters. The van der Waals surface area contributed by atoms with Gasteiger partial charge in [-0.2, -0.15) is 13.8 Å². The van der Waals surface area contributed by atoms with E-state index in [1.165, 1.54) is 5.56 Å². The maximum absolute atomic E-state index is 5.09. The molecule has 2 heteroatoms. The van der Waals surface area contributed by atoms with Gasteiger partial charge in [-0.25, -0.2) is 0 Å². The summed E-state index contributed by atoms with van der Waals surface area (Å²) in [5.41, 5.74) is 1.30. The molecule has 0 aromatic heterocycles. The molecule has 0 bridgehead atoms. The van der Waals surface area contributed by atoms with Gasteiger partial charge in [0.1, 0.15) is 6.10 Å². The predicted molar refractivity (Wildman–Crippen MR) is 57.2 cm³/mol. The van der Waals surface area contributed by atoms with Gasteiger partial charge in [0.2, 0.25) is 0 Å². The van der Waals surface area contributed by atoms with Gasteiger partial charge in [-0.15, -0.1) is 0 Å². The molecule has 1 nitrogen and oxygen atoms in total. The molecule has 1 aromatic rings. The van der Waals surface area contributed by atoms with Crippen molar-refractivity contribution in [3.8, 4) is 0 Å². The van der Waals surface area contributed by atoms with Gasteiger partial charge in [-0.05, 0) is 5.56 Å². The fraction of sp³-hybridized carbons (Fsp3) is 0.333. The first kappa shape index (κ1) is 16.2. The van der Waals surface area contributed by atoms with Gasteiger partial charge in [0.25, 0.3) is 0 Å². The molecule has 0 amide bonds. The van der Waals surface area contributed by atoms with Crippen molar-refractivity contribution < 1.29 is 24.2 Å². The quantitative estimate of drug-likeness (QED) is 0.418. The fourth-order valence-corrected chi connectivity index (χ4v) is 0.908. The Hall–Kier alpha value is -0.197. The summed E-state index contributed by atoms with van der Waals surface area (Å²) in [7, 11) is 0. The largest absolute Gasteiger partial charge is 2.00 e. The van der Waals surface area contributed by atoms with Crippen LogP contribution in [0.3, 0.4) is 0 Å². The predicted octanol–water partition coefficient (Wildman–Crippen LogP) is 3.44. The third-order valence-corrected chi connectivity index (χ3v) is 1.50. The van der Waals surface area contributed by atoms with Gasteiger partial charge >= 0.3 is 19.5 Å². The molecule has 1 unspecified atom stereocenters. The normalized spacial score (nSPS) is 16.1. The number of benzene rings is 1. The Kier molecular flexibility index (Phi) is 12.6. The molecular formula is C12H18OZn. The summed E-state index contributed by atoms with van der Waals surface area (Å²) in [6, 6.07) is 10.3. The van der Waals surface area contributed by atoms with E-state index in [-0.39, 0.29) is 19.5 Å². The van der Waals surface area contributed by atoms with Crippen molar-refractivity contribution in [2.45, 2.75) is 20.0 Å². The van der Waals surface area contributed by atoms with Crippen molar-refractivity contribution in [2.75, 3.05) is 6.61 Å². The maximum atomic E-state index is 5.09. The Balaban J connectivity index is 0. The summed E-state index contributed by atoms with van der Waals surface area (Å²) in [4.78, 5) is 0. The number of hydrogen-bond donors (Lipinski definition) is 0. The zero-order chi connectivity index (χ0) is 10.1. The van der Waals surface area contributed by atoms with Crippen LogP contribution in [-0.2, 0) is 24.2 Å². The molecule has 1 aliphatic heterocycles. The smallest absolute Gasteiger partial charge is 0.368 e. The monoisotopic (exact) mass is 242 g/mol. The molecule has 0 radical (unpaired) electrons. The van der Waals surface area contributed by atoms with Crippen LogP contribution in [0.2, 0.25) is 0 Å². The Morgan fingerprint density at radius 1 is 1.07 bits per heavy atom. The zero-order valence-corrected chi connectivity index (χ0v) is 12.2. The van der Waals surface area contributed by atoms with E-state index >= 15 is 0 Å². The summed E-state index contributed by atoms with van der Waals surface area (Å²) >= 11 is 0. The minimum Gasteiger partial charge on any atom is -0.368 e. The standard InChI is InChI=1S/C8H8O.2C2H5.Zn/c1-2-4-7(5-3-1)8-6-9-8;2*1-2;/h1-5,8H,6H2;2*1H2,2H3;/q;2*-1;+2. The van der Waals surface area contributed by atoms with Crippen molar-refractivity contribution in [1.82, 2.24) is 0 Å². The third-order valence-electron chi connectivity index (χ3n) is 1.50. The van der Waals surface area contributed by atoms with E-state index in [0.717, 1.165) is 6.61 Å². The molecule has 14 heavy (non-hydrogen) atoms. The first-order chi connectivity index (χ1) is 6.47. The first-order valence-corrected chi connectivity index (χ1v) is 4.55. The van der Waals surface area contributed by atoms with E-state index in [1.54, 1.807) is 13.8 Å². The summed E-state index contributed by atoms with van der Waals surface area (Å²) in [5.74, 6) is 0. The summed E-state index contributed by atoms with van der Waals surface area (Å²) in [6.07, 6.45) is 0.409. The molecule has 0 spiro atoms. The van der Waals surface area contributed by atoms with E-state index in [0.29, 0.717) is 6.10 Å². The van der Waals surface area contributed by atoms with Crippen molar-refractivity contribution in [1.29, 1.82) is 0 Å². The Morgan fingerprint density at radius 2 is 1.50 bits per heavy atom. The van der Waals surface area contributed by atoms with Crippen molar-refractivity contribution in [3.05, 3.63) is 49.7 Å². The van der Waals surface area contributed by atoms with E-state index in [4.69, 9.17) is 4.74 Å². The average Bonchev–Trinajstić information content (AvgIpc) is 3.09. The van der Waals surface area contributed by atoms with Gasteiger partial charge in [0, 0.05) is 0 Å². The van der Waals surface area contributed by atoms with Gasteiger partial charge in [-0.1, -0.05) is 30.3 Å². The van der Waals surface area contributed by atoms with Crippen LogP contribution in [0.25, 0.3) is 0 Å². The van der Waals surface area contributed by atoms with Crippen LogP contribution < -0.4 is 0 Å². The fourth-order valence-electron chi connectivity index (χ4n) is 0.908. The number of rotatable bonds is 1. The minimum atomic E-state index is 0. The summed E-state index contributed by atoms with van der Waals surface area (Å²) < 4.78 is 5.09. The molecular weight excluding hydrogens is 226 g/mol. The minimum absolute atomic E-state index is 0.